The Bertz CT molecular complexity index is 1530. The molecule has 0 aliphatic carbocycles. The summed E-state index contributed by atoms with van der Waals surface area (Å²) in [5, 5.41) is 6.34. The zero-order valence-electron chi connectivity index (χ0n) is 20.1. The summed E-state index contributed by atoms with van der Waals surface area (Å²) in [6.45, 7) is 6.20. The Morgan fingerprint density at radius 3 is 1.51 bits per heavy atom. The van der Waals surface area contributed by atoms with Gasteiger partial charge in [0.25, 0.3) is 0 Å². The molecule has 0 nitrogen and oxygen atoms in total. The number of hydrogen-bond acceptors (Lipinski definition) is 0. The average molecular weight is 475 g/mol. The first-order valence-corrected chi connectivity index (χ1v) is 11.8. The summed E-state index contributed by atoms with van der Waals surface area (Å²) in [6.07, 6.45) is 0.223. The Kier molecular flexibility index (Phi) is 5.58. The lowest BCUT2D eigenvalue weighted by atomic mass is 9.82. The van der Waals surface area contributed by atoms with Crippen molar-refractivity contribution in [2.24, 2.45) is 0 Å². The summed E-state index contributed by atoms with van der Waals surface area (Å²) in [5.74, 6) is -6.03. The normalized spacial score (nSPS) is 13.1. The minimum atomic E-state index is -1.31. The average Bonchev–Trinajstić information content (AvgIpc) is 2.82. The number of hydrogen-bond donors (Lipinski definition) is 0. The van der Waals surface area contributed by atoms with Crippen molar-refractivity contribution in [1.29, 1.82) is 0 Å². The quantitative estimate of drug-likeness (QED) is 0.139. The Labute approximate surface area is 202 Å². The van der Waals surface area contributed by atoms with Crippen LogP contribution in [0.1, 0.15) is 50.3 Å². The smallest absolute Gasteiger partial charge is 0.165 e. The molecular formula is C31H26F4. The van der Waals surface area contributed by atoms with Crippen LogP contribution in [0, 0.1) is 23.3 Å². The van der Waals surface area contributed by atoms with Gasteiger partial charge in [-0.3, -0.25) is 0 Å². The largest absolute Gasteiger partial charge is 0.203 e. The summed E-state index contributed by atoms with van der Waals surface area (Å²) in [5.41, 5.74) is -1.31. The van der Waals surface area contributed by atoms with E-state index < -0.39 is 45.7 Å². The zero-order chi connectivity index (χ0) is 25.1. The summed E-state index contributed by atoms with van der Waals surface area (Å²) >= 11 is 0. The van der Waals surface area contributed by atoms with Gasteiger partial charge in [-0.2, -0.15) is 0 Å². The molecule has 0 aliphatic heterocycles. The van der Waals surface area contributed by atoms with Crippen LogP contribution in [-0.2, 0) is 11.8 Å². The summed E-state index contributed by atoms with van der Waals surface area (Å²) in [6, 6.07) is 22.1. The van der Waals surface area contributed by atoms with Gasteiger partial charge in [-0.15, -0.1) is 0 Å². The molecule has 0 fully saturated rings. The lowest BCUT2D eigenvalue weighted by Crippen LogP contribution is -2.21. The third-order valence-electron chi connectivity index (χ3n) is 6.92. The second-order valence-electron chi connectivity index (χ2n) is 10.3. The first kappa shape index (κ1) is 23.3. The predicted molar refractivity (Wildman–Crippen MR) is 136 cm³/mol. The maximum Gasteiger partial charge on any atom is 0.165 e. The Morgan fingerprint density at radius 2 is 1.03 bits per heavy atom. The molecule has 1 unspecified atom stereocenters. The minimum Gasteiger partial charge on any atom is -0.203 e. The van der Waals surface area contributed by atoms with Crippen molar-refractivity contribution in [3.63, 3.8) is 0 Å². The topological polar surface area (TPSA) is 0 Å². The van der Waals surface area contributed by atoms with E-state index >= 15 is 8.78 Å². The maximum atomic E-state index is 15.2. The van der Waals surface area contributed by atoms with Crippen molar-refractivity contribution < 1.29 is 17.6 Å². The first-order valence-electron chi connectivity index (χ1n) is 11.8. The molecule has 0 radical (unpaired) electrons. The summed E-state index contributed by atoms with van der Waals surface area (Å²) in [4.78, 5) is 0. The van der Waals surface area contributed by atoms with Gasteiger partial charge in [0.1, 0.15) is 0 Å². The van der Waals surface area contributed by atoms with Gasteiger partial charge in [-0.1, -0.05) is 94.4 Å². The molecule has 0 saturated heterocycles. The fourth-order valence-electron chi connectivity index (χ4n) is 5.37. The van der Waals surface area contributed by atoms with Gasteiger partial charge < -0.3 is 0 Å². The van der Waals surface area contributed by atoms with Crippen LogP contribution in [0.2, 0.25) is 0 Å². The van der Waals surface area contributed by atoms with Crippen LogP contribution >= 0.6 is 0 Å². The van der Waals surface area contributed by atoms with E-state index in [1.807, 2.05) is 48.5 Å². The minimum absolute atomic E-state index is 0.223. The number of benzene rings is 5. The van der Waals surface area contributed by atoms with Crippen LogP contribution < -0.4 is 0 Å². The molecule has 1 atom stereocenters. The van der Waals surface area contributed by atoms with Gasteiger partial charge in [0.15, 0.2) is 23.3 Å². The molecule has 0 bridgehead atoms. The van der Waals surface area contributed by atoms with Crippen LogP contribution in [0.5, 0.6) is 0 Å². The van der Waals surface area contributed by atoms with Crippen molar-refractivity contribution in [1.82, 2.24) is 0 Å². The number of rotatable bonds is 3. The molecule has 0 N–H and O–H groups in total. The fourth-order valence-corrected chi connectivity index (χ4v) is 5.37. The van der Waals surface area contributed by atoms with Crippen LogP contribution in [-0.4, -0.2) is 0 Å². The highest BCUT2D eigenvalue weighted by atomic mass is 19.2. The van der Waals surface area contributed by atoms with Crippen LogP contribution in [0.25, 0.3) is 32.3 Å². The Balaban J connectivity index is 1.72. The summed E-state index contributed by atoms with van der Waals surface area (Å²) < 4.78 is 60.3. The van der Waals surface area contributed by atoms with Gasteiger partial charge in [-0.25, -0.2) is 17.6 Å². The summed E-state index contributed by atoms with van der Waals surface area (Å²) in [7, 11) is 0. The highest BCUT2D eigenvalue weighted by molar-refractivity contribution is 6.26. The van der Waals surface area contributed by atoms with Crippen molar-refractivity contribution >= 4 is 32.3 Å². The van der Waals surface area contributed by atoms with Crippen molar-refractivity contribution in [2.45, 2.75) is 45.4 Å². The highest BCUT2D eigenvalue weighted by Gasteiger charge is 2.33. The molecule has 35 heavy (non-hydrogen) atoms. The molecule has 0 aromatic heterocycles. The zero-order valence-corrected chi connectivity index (χ0v) is 20.1. The third-order valence-corrected chi connectivity index (χ3v) is 6.92. The molecular weight excluding hydrogens is 448 g/mol. The molecule has 0 saturated carbocycles. The SMILES string of the molecule is CC(Cc1cccc2c3ccccc3c3ccccc3c12)c1c(F)c(F)c(C(C)(C)C)c(F)c1F. The molecule has 5 rings (SSSR count). The standard InChI is InChI=1S/C31H26F4/c1-17(24-27(32)29(34)26(31(2,3)4)30(35)28(24)33)16-18-10-9-15-23-21-12-6-5-11-19(21)20-13-7-8-14-22(20)25(18)23/h5-15,17H,16H2,1-4H3. The van der Waals surface area contributed by atoms with Crippen molar-refractivity contribution in [3.05, 3.63) is 107 Å². The van der Waals surface area contributed by atoms with Gasteiger partial charge >= 0.3 is 0 Å². The monoisotopic (exact) mass is 474 g/mol. The highest BCUT2D eigenvalue weighted by Crippen LogP contribution is 2.40. The van der Waals surface area contributed by atoms with E-state index in [9.17, 15) is 8.78 Å². The number of halogens is 4. The van der Waals surface area contributed by atoms with E-state index in [1.54, 1.807) is 6.92 Å². The van der Waals surface area contributed by atoms with E-state index in [-0.39, 0.29) is 6.42 Å². The van der Waals surface area contributed by atoms with Gasteiger partial charge in [-0.05, 0) is 55.6 Å². The Hall–Kier alpha value is -3.40. The van der Waals surface area contributed by atoms with Crippen molar-refractivity contribution in [3.8, 4) is 0 Å². The van der Waals surface area contributed by atoms with E-state index in [2.05, 4.69) is 18.2 Å². The molecule has 0 amide bonds. The van der Waals surface area contributed by atoms with E-state index in [1.165, 1.54) is 20.8 Å². The third kappa shape index (κ3) is 3.67. The molecule has 0 spiro atoms. The molecule has 5 aromatic rings. The second kappa shape index (κ2) is 8.37. The predicted octanol–water partition coefficient (Wildman–Crippen LogP) is 9.35. The van der Waals surface area contributed by atoms with Gasteiger partial charge in [0.05, 0.1) is 0 Å². The molecule has 4 heteroatoms. The van der Waals surface area contributed by atoms with Crippen LogP contribution in [0.3, 0.4) is 0 Å². The molecule has 0 heterocycles. The first-order chi connectivity index (χ1) is 16.6. The van der Waals surface area contributed by atoms with Crippen LogP contribution in [0.4, 0.5) is 17.6 Å². The van der Waals surface area contributed by atoms with Crippen molar-refractivity contribution in [2.75, 3.05) is 0 Å². The molecule has 0 aliphatic rings. The number of fused-ring (bicyclic) bond motifs is 6. The lowest BCUT2D eigenvalue weighted by molar-refractivity contribution is 0.388. The molecule has 5 aromatic carbocycles. The van der Waals surface area contributed by atoms with E-state index in [4.69, 9.17) is 0 Å². The second-order valence-corrected chi connectivity index (χ2v) is 10.3. The van der Waals surface area contributed by atoms with E-state index in [0.717, 1.165) is 37.9 Å². The van der Waals surface area contributed by atoms with Gasteiger partial charge in [0.2, 0.25) is 0 Å². The Morgan fingerprint density at radius 1 is 0.600 bits per heavy atom. The maximum absolute atomic E-state index is 15.2. The lowest BCUT2D eigenvalue weighted by Gasteiger charge is -2.24. The van der Waals surface area contributed by atoms with Crippen LogP contribution in [0.15, 0.2) is 66.7 Å². The fraction of sp³-hybridized carbons (Fsp3) is 0.226. The van der Waals surface area contributed by atoms with Gasteiger partial charge in [0, 0.05) is 11.1 Å². The molecule has 178 valence electrons. The van der Waals surface area contributed by atoms with E-state index in [0.29, 0.717) is 0 Å².